The van der Waals surface area contributed by atoms with Crippen LogP contribution in [0.15, 0.2) is 0 Å². The summed E-state index contributed by atoms with van der Waals surface area (Å²) in [5.74, 6) is -7.09. The van der Waals surface area contributed by atoms with Crippen molar-refractivity contribution < 1.29 is 38.4 Å². The molecule has 0 saturated carbocycles. The number of hydrogen-bond donors (Lipinski definition) is 8. The van der Waals surface area contributed by atoms with Gasteiger partial charge >= 0.3 is 0 Å². The molecule has 1 heterocycles. The molecule has 1 fully saturated rings. The molecule has 16 nitrogen and oxygen atoms in total. The molecule has 1 rings (SSSR count). The van der Waals surface area contributed by atoms with Gasteiger partial charge in [0, 0.05) is 25.4 Å². The Morgan fingerprint density at radius 2 is 1.09 bits per heavy atom. The Hall–Kier alpha value is -4.24. The summed E-state index contributed by atoms with van der Waals surface area (Å²) in [4.78, 5) is 96.7. The predicted molar refractivity (Wildman–Crippen MR) is 117 cm³/mol. The largest absolute Gasteiger partial charge is 0.370 e. The number of carbonyl (C=O) groups is 8. The van der Waals surface area contributed by atoms with Gasteiger partial charge < -0.3 is 43.8 Å². The third kappa shape index (κ3) is 11.0. The normalized spacial score (nSPS) is 25.1. The van der Waals surface area contributed by atoms with Gasteiger partial charge in [-0.15, -0.1) is 0 Å². The van der Waals surface area contributed by atoms with Crippen molar-refractivity contribution in [3.63, 3.8) is 0 Å². The fourth-order valence-electron chi connectivity index (χ4n) is 3.10. The maximum Gasteiger partial charge on any atom is 0.243 e. The highest BCUT2D eigenvalue weighted by atomic mass is 16.2. The summed E-state index contributed by atoms with van der Waals surface area (Å²) in [6.45, 7) is 1.37. The van der Waals surface area contributed by atoms with Gasteiger partial charge in [-0.05, 0) is 6.92 Å². The number of nitrogens with one attached hydrogen (secondary N) is 5. The summed E-state index contributed by atoms with van der Waals surface area (Å²) in [5.41, 5.74) is 15.4. The van der Waals surface area contributed by atoms with Gasteiger partial charge in [-0.3, -0.25) is 38.4 Å². The van der Waals surface area contributed by atoms with E-state index in [0.29, 0.717) is 0 Å². The zero-order valence-electron chi connectivity index (χ0n) is 19.1. The van der Waals surface area contributed by atoms with Crippen LogP contribution in [-0.4, -0.2) is 78.0 Å². The standard InChI is InChI=1S/C19H30N8O8/c1-8-4-16(32)23-3-2-15(31)25-9(5-12(20)28)18(34)27-11(7-14(22)30)19(35)26-10(6-13(21)29)17(33)24-8/h8-11H,2-7H2,1H3,(H2,20,28)(H2,21,29)(H2,22,30)(H,23,32)(H,24,33)(H,25,31)(H,26,35)(H,27,34)/t8-,9-,10+,11-/m1/s1. The molecule has 11 N–H and O–H groups in total. The van der Waals surface area contributed by atoms with Gasteiger partial charge in [0.1, 0.15) is 18.1 Å². The summed E-state index contributed by atoms with van der Waals surface area (Å²) in [7, 11) is 0. The van der Waals surface area contributed by atoms with E-state index in [9.17, 15) is 38.4 Å². The van der Waals surface area contributed by atoms with E-state index in [1.54, 1.807) is 0 Å². The van der Waals surface area contributed by atoms with E-state index in [0.717, 1.165) is 0 Å². The van der Waals surface area contributed by atoms with E-state index in [-0.39, 0.29) is 19.4 Å². The molecule has 8 amide bonds. The van der Waals surface area contributed by atoms with Crippen LogP contribution in [0.25, 0.3) is 0 Å². The highest BCUT2D eigenvalue weighted by Gasteiger charge is 2.32. The fraction of sp³-hybridized carbons (Fsp3) is 0.579. The molecule has 1 saturated heterocycles. The zero-order valence-corrected chi connectivity index (χ0v) is 19.1. The molecule has 0 radical (unpaired) electrons. The van der Waals surface area contributed by atoms with Crippen LogP contribution >= 0.6 is 0 Å². The molecule has 1 aliphatic heterocycles. The maximum absolute atomic E-state index is 12.8. The summed E-state index contributed by atoms with van der Waals surface area (Å²) in [5, 5.41) is 11.6. The van der Waals surface area contributed by atoms with Gasteiger partial charge in [0.25, 0.3) is 0 Å². The van der Waals surface area contributed by atoms with Crippen molar-refractivity contribution in [1.29, 1.82) is 0 Å². The number of primary amides is 3. The van der Waals surface area contributed by atoms with Crippen LogP contribution in [-0.2, 0) is 38.4 Å². The number of rotatable bonds is 6. The Kier molecular flexibility index (Phi) is 11.1. The zero-order chi connectivity index (χ0) is 26.7. The molecule has 0 spiro atoms. The maximum atomic E-state index is 12.8. The van der Waals surface area contributed by atoms with Gasteiger partial charge in [0.05, 0.1) is 19.3 Å². The molecule has 35 heavy (non-hydrogen) atoms. The van der Waals surface area contributed by atoms with Crippen molar-refractivity contribution in [1.82, 2.24) is 26.6 Å². The third-order valence-electron chi connectivity index (χ3n) is 4.69. The van der Waals surface area contributed by atoms with Crippen molar-refractivity contribution in [3.05, 3.63) is 0 Å². The van der Waals surface area contributed by atoms with Crippen LogP contribution in [0.4, 0.5) is 0 Å². The number of carbonyl (C=O) groups excluding carboxylic acids is 8. The second kappa shape index (κ2) is 13.5. The van der Waals surface area contributed by atoms with Crippen molar-refractivity contribution in [2.45, 2.75) is 63.2 Å². The number of hydrogen-bond acceptors (Lipinski definition) is 8. The van der Waals surface area contributed by atoms with Gasteiger partial charge in [-0.1, -0.05) is 0 Å². The highest BCUT2D eigenvalue weighted by Crippen LogP contribution is 2.02. The molecule has 1 aliphatic rings. The summed E-state index contributed by atoms with van der Waals surface area (Å²) in [6.07, 6.45) is -2.44. The molecule has 0 aromatic carbocycles. The molecule has 0 aromatic rings. The molecule has 0 unspecified atom stereocenters. The van der Waals surface area contributed by atoms with E-state index in [2.05, 4.69) is 26.6 Å². The predicted octanol–water partition coefficient (Wildman–Crippen LogP) is -5.52. The van der Waals surface area contributed by atoms with Crippen molar-refractivity contribution in [3.8, 4) is 0 Å². The van der Waals surface area contributed by atoms with Gasteiger partial charge in [-0.2, -0.15) is 0 Å². The van der Waals surface area contributed by atoms with Crippen LogP contribution in [0.5, 0.6) is 0 Å². The van der Waals surface area contributed by atoms with Crippen LogP contribution < -0.4 is 43.8 Å². The Morgan fingerprint density at radius 3 is 1.51 bits per heavy atom. The minimum absolute atomic E-state index is 0.120. The molecule has 16 heteroatoms. The Labute approximate surface area is 199 Å². The Balaban J connectivity index is 3.30. The van der Waals surface area contributed by atoms with Crippen LogP contribution in [0.3, 0.4) is 0 Å². The Morgan fingerprint density at radius 1 is 0.686 bits per heavy atom. The van der Waals surface area contributed by atoms with Gasteiger partial charge in [0.15, 0.2) is 0 Å². The quantitative estimate of drug-likeness (QED) is 0.174. The summed E-state index contributed by atoms with van der Waals surface area (Å²) < 4.78 is 0. The first-order chi connectivity index (χ1) is 16.3. The molecule has 0 aliphatic carbocycles. The van der Waals surface area contributed by atoms with E-state index in [1.807, 2.05) is 0 Å². The van der Waals surface area contributed by atoms with Crippen LogP contribution in [0, 0.1) is 0 Å². The molecular formula is C19H30N8O8. The third-order valence-corrected chi connectivity index (χ3v) is 4.69. The van der Waals surface area contributed by atoms with E-state index < -0.39 is 90.7 Å². The average Bonchev–Trinajstić information content (AvgIpc) is 2.70. The Bertz CT molecular complexity index is 892. The first-order valence-corrected chi connectivity index (χ1v) is 10.6. The molecule has 4 atom stereocenters. The topological polar surface area (TPSA) is 275 Å². The minimum atomic E-state index is -1.63. The lowest BCUT2D eigenvalue weighted by Gasteiger charge is -2.24. The molecule has 194 valence electrons. The lowest BCUT2D eigenvalue weighted by atomic mass is 10.1. The highest BCUT2D eigenvalue weighted by molar-refractivity contribution is 5.98. The second-order valence-corrected chi connectivity index (χ2v) is 7.97. The minimum Gasteiger partial charge on any atom is -0.370 e. The number of nitrogens with two attached hydrogens (primary N) is 3. The second-order valence-electron chi connectivity index (χ2n) is 7.97. The molecular weight excluding hydrogens is 468 g/mol. The van der Waals surface area contributed by atoms with E-state index >= 15 is 0 Å². The first kappa shape index (κ1) is 28.8. The smallest absolute Gasteiger partial charge is 0.243 e. The van der Waals surface area contributed by atoms with Crippen molar-refractivity contribution in [2.75, 3.05) is 6.54 Å². The number of amides is 8. The lowest BCUT2D eigenvalue weighted by molar-refractivity contribution is -0.136. The summed E-state index contributed by atoms with van der Waals surface area (Å²) in [6, 6.07) is -5.39. The van der Waals surface area contributed by atoms with Crippen molar-refractivity contribution in [2.24, 2.45) is 17.2 Å². The fourth-order valence-corrected chi connectivity index (χ4v) is 3.10. The monoisotopic (exact) mass is 498 g/mol. The van der Waals surface area contributed by atoms with E-state index in [4.69, 9.17) is 17.2 Å². The molecule has 0 bridgehead atoms. The van der Waals surface area contributed by atoms with Crippen LogP contribution in [0.2, 0.25) is 0 Å². The van der Waals surface area contributed by atoms with Gasteiger partial charge in [0.2, 0.25) is 47.3 Å². The first-order valence-electron chi connectivity index (χ1n) is 10.6. The van der Waals surface area contributed by atoms with Crippen molar-refractivity contribution >= 4 is 47.3 Å². The van der Waals surface area contributed by atoms with Gasteiger partial charge in [-0.25, -0.2) is 0 Å². The lowest BCUT2D eigenvalue weighted by Crippen LogP contribution is -2.58. The molecule has 0 aromatic heterocycles. The average molecular weight is 498 g/mol. The SMILES string of the molecule is C[C@@H]1CC(=O)NCCC(=O)N[C@H](CC(N)=O)C(=O)N[C@H](CC(N)=O)C(=O)N[C@@H](CC(N)=O)C(=O)N1. The van der Waals surface area contributed by atoms with E-state index in [1.165, 1.54) is 6.92 Å². The summed E-state index contributed by atoms with van der Waals surface area (Å²) >= 11 is 0. The van der Waals surface area contributed by atoms with Crippen LogP contribution in [0.1, 0.15) is 39.0 Å².